The van der Waals surface area contributed by atoms with E-state index in [9.17, 15) is 27.6 Å². The van der Waals surface area contributed by atoms with Crippen LogP contribution in [-0.4, -0.2) is 147 Å². The lowest BCUT2D eigenvalue weighted by molar-refractivity contribution is -0.126. The molecule has 12 heterocycles. The predicted octanol–water partition coefficient (Wildman–Crippen LogP) is 10.9. The van der Waals surface area contributed by atoms with E-state index >= 15 is 0 Å². The molecule has 0 aliphatic carbocycles. The van der Waals surface area contributed by atoms with Crippen LogP contribution in [-0.2, 0) is 14.4 Å². The van der Waals surface area contributed by atoms with Gasteiger partial charge in [-0.05, 0) is 103 Å². The van der Waals surface area contributed by atoms with Gasteiger partial charge in [0.2, 0.25) is 17.7 Å². The minimum Gasteiger partial charge on any atom is -0.354 e. The van der Waals surface area contributed by atoms with Gasteiger partial charge in [-0.15, -0.1) is 0 Å². The summed E-state index contributed by atoms with van der Waals surface area (Å²) < 4.78 is 37.5. The fourth-order valence-corrected chi connectivity index (χ4v) is 11.6. The fourth-order valence-electron chi connectivity index (χ4n) is 11.1. The minimum atomic E-state index is -2.59. The van der Waals surface area contributed by atoms with Crippen LogP contribution >= 0.6 is 34.8 Å². The van der Waals surface area contributed by atoms with Gasteiger partial charge in [0, 0.05) is 128 Å². The maximum atomic E-state index is 12.7. The van der Waals surface area contributed by atoms with Gasteiger partial charge in [-0.25, -0.2) is 58.0 Å². The summed E-state index contributed by atoms with van der Waals surface area (Å²) in [7, 11) is 0. The predicted molar refractivity (Wildman–Crippen MR) is 329 cm³/mol. The molecule has 12 rings (SSSR count). The van der Waals surface area contributed by atoms with E-state index in [1.807, 2.05) is 55.0 Å². The van der Waals surface area contributed by atoms with Gasteiger partial charge >= 0.3 is 0 Å². The highest BCUT2D eigenvalue weighted by molar-refractivity contribution is 6.32. The van der Waals surface area contributed by atoms with E-state index in [0.29, 0.717) is 87.9 Å². The van der Waals surface area contributed by atoms with Crippen LogP contribution in [0.1, 0.15) is 73.4 Å². The molecule has 27 heteroatoms. The monoisotopic (exact) mass is 1220 g/mol. The van der Waals surface area contributed by atoms with E-state index < -0.39 is 42.2 Å². The Morgan fingerprint density at radius 1 is 0.571 bits per heavy atom. The second-order valence-corrected chi connectivity index (χ2v) is 22.3. The molecule has 0 spiro atoms. The normalized spacial score (nSPS) is 19.4. The van der Waals surface area contributed by atoms with Crippen molar-refractivity contribution in [3.8, 4) is 34.2 Å². The molecule has 0 unspecified atom stereocenters. The summed E-state index contributed by atoms with van der Waals surface area (Å²) >= 11 is 18.3. The average molecular weight is 1220 g/mol. The Hall–Kier alpha value is -8.22. The third-order valence-electron chi connectivity index (χ3n) is 15.5. The highest BCUT2D eigenvalue weighted by atomic mass is 35.5. The number of anilines is 3. The fraction of sp³-hybridized carbons (Fsp3) is 0.368. The molecule has 3 fully saturated rings. The maximum Gasteiger partial charge on any atom is 0.255 e. The molecule has 3 aliphatic heterocycles. The van der Waals surface area contributed by atoms with Crippen LogP contribution in [0.4, 0.5) is 30.6 Å². The summed E-state index contributed by atoms with van der Waals surface area (Å²) in [5, 5.41) is 12.0. The maximum absolute atomic E-state index is 12.7. The third kappa shape index (κ3) is 12.0. The molecule has 0 aromatic carbocycles. The van der Waals surface area contributed by atoms with Crippen molar-refractivity contribution < 1.29 is 34.7 Å². The lowest BCUT2D eigenvalue weighted by Gasteiger charge is -2.34. The quantitative estimate of drug-likeness (QED) is 0.0591. The molecule has 0 bridgehead atoms. The largest absolute Gasteiger partial charge is 0.354 e. The third-order valence-corrected chi connectivity index (χ3v) is 16.1. The number of aromatic nitrogens is 12. The number of likely N-dealkylation sites (N-methyl/N-ethyl adjacent to an activating group) is 1. The Labute approximate surface area is 502 Å². The van der Waals surface area contributed by atoms with Gasteiger partial charge in [0.05, 0.1) is 21.6 Å². The van der Waals surface area contributed by atoms with Gasteiger partial charge in [0.25, 0.3) is 6.43 Å². The van der Waals surface area contributed by atoms with Crippen LogP contribution in [0.5, 0.6) is 0 Å². The highest BCUT2D eigenvalue weighted by Gasteiger charge is 2.46. The zero-order valence-corrected chi connectivity index (χ0v) is 48.6. The SMILES string of the molecule is CCNC(=O)[C@@]1(C)CCCN1c1ccnc(-c2c[nH]c3ncc(Cl)cc23)n1.C[C@]1(C(=O)NCC(F)F)CCCN1c1ccnc(-c2c[nH]c3ncc(Cl)cc23)n1.C[C@]1(C(=O)NCCF)CCCN1c1ccnc(-c2c[nH]c3ncc(Cl)cc23)n1.[HH].[HH].[HH].[HH].[HH]. The lowest BCUT2D eigenvalue weighted by atomic mass is 9.97. The van der Waals surface area contributed by atoms with Crippen LogP contribution in [0, 0.1) is 0 Å². The second-order valence-electron chi connectivity index (χ2n) is 21.0. The van der Waals surface area contributed by atoms with Crippen molar-refractivity contribution in [2.45, 2.75) is 89.3 Å². The molecule has 9 aromatic heterocycles. The molecule has 9 aromatic rings. The number of halogens is 6. The molecule has 3 atom stereocenters. The van der Waals surface area contributed by atoms with Crippen molar-refractivity contribution in [1.29, 1.82) is 0 Å². The van der Waals surface area contributed by atoms with E-state index in [-0.39, 0.29) is 25.5 Å². The van der Waals surface area contributed by atoms with Crippen LogP contribution in [0.15, 0.2) is 92.2 Å². The number of carbonyl (C=O) groups excluding carboxylic acids is 3. The van der Waals surface area contributed by atoms with Gasteiger partial charge in [0.1, 0.15) is 57.7 Å². The molecule has 3 amide bonds. The summed E-state index contributed by atoms with van der Waals surface area (Å²) in [4.78, 5) is 93.2. The molecular weight excluding hydrogens is 1150 g/mol. The first-order chi connectivity index (χ1) is 40.4. The summed E-state index contributed by atoms with van der Waals surface area (Å²) in [6, 6.07) is 10.8. The number of carbonyl (C=O) groups is 3. The van der Waals surface area contributed by atoms with Gasteiger partial charge < -0.3 is 45.6 Å². The Balaban J connectivity index is 0.000000236. The molecule has 6 N–H and O–H groups in total. The first kappa shape index (κ1) is 59.0. The minimum absolute atomic E-state index is 0. The topological polar surface area (TPSA) is 260 Å². The second kappa shape index (κ2) is 24.9. The Morgan fingerprint density at radius 2 is 0.917 bits per heavy atom. The van der Waals surface area contributed by atoms with Gasteiger partial charge in [-0.1, -0.05) is 34.8 Å². The van der Waals surface area contributed by atoms with Crippen molar-refractivity contribution in [3.05, 3.63) is 107 Å². The van der Waals surface area contributed by atoms with Crippen molar-refractivity contribution in [2.24, 2.45) is 0 Å². The number of amides is 3. The zero-order chi connectivity index (χ0) is 59.3. The van der Waals surface area contributed by atoms with E-state index in [2.05, 4.69) is 70.7 Å². The van der Waals surface area contributed by atoms with E-state index in [0.717, 1.165) is 76.5 Å². The van der Waals surface area contributed by atoms with Crippen LogP contribution < -0.4 is 30.7 Å². The number of alkyl halides is 3. The summed E-state index contributed by atoms with van der Waals surface area (Å²) in [5.41, 5.74) is 2.12. The molecular formula is C57H70Cl3F3N18O3. The van der Waals surface area contributed by atoms with Gasteiger partial charge in [-0.2, -0.15) is 0 Å². The molecule has 448 valence electrons. The van der Waals surface area contributed by atoms with Gasteiger partial charge in [-0.3, -0.25) is 14.4 Å². The molecule has 3 saturated heterocycles. The number of aromatic amines is 3. The van der Waals surface area contributed by atoms with Crippen molar-refractivity contribution >= 4 is 103 Å². The molecule has 84 heavy (non-hydrogen) atoms. The molecule has 21 nitrogen and oxygen atoms in total. The molecule has 0 radical (unpaired) electrons. The molecule has 3 aliphatic rings. The number of fused-ring (bicyclic) bond motifs is 3. The van der Waals surface area contributed by atoms with E-state index in [1.54, 1.807) is 74.7 Å². The number of rotatable bonds is 14. The first-order valence-electron chi connectivity index (χ1n) is 27.3. The van der Waals surface area contributed by atoms with Crippen molar-refractivity contribution in [1.82, 2.24) is 75.8 Å². The Kier molecular flexibility index (Phi) is 17.5. The van der Waals surface area contributed by atoms with Crippen LogP contribution in [0.25, 0.3) is 67.3 Å². The molecule has 0 saturated carbocycles. The number of nitrogens with one attached hydrogen (secondary N) is 6. The first-order valence-corrected chi connectivity index (χ1v) is 28.5. The van der Waals surface area contributed by atoms with Gasteiger partial charge in [0.15, 0.2) is 17.5 Å². The summed E-state index contributed by atoms with van der Waals surface area (Å²) in [5.74, 6) is 2.93. The van der Waals surface area contributed by atoms with Crippen molar-refractivity contribution in [3.63, 3.8) is 0 Å². The Morgan fingerprint density at radius 3 is 1.25 bits per heavy atom. The number of hydrogen-bond donors (Lipinski definition) is 6. The highest BCUT2D eigenvalue weighted by Crippen LogP contribution is 2.39. The summed E-state index contributed by atoms with van der Waals surface area (Å²) in [6.45, 7) is 8.96. The van der Waals surface area contributed by atoms with Crippen LogP contribution in [0.2, 0.25) is 15.1 Å². The van der Waals surface area contributed by atoms with E-state index in [4.69, 9.17) is 44.8 Å². The van der Waals surface area contributed by atoms with Crippen molar-refractivity contribution in [2.75, 3.05) is 60.6 Å². The van der Waals surface area contributed by atoms with E-state index in [1.165, 1.54) is 0 Å². The summed E-state index contributed by atoms with van der Waals surface area (Å²) in [6.07, 6.45) is 17.1. The average Bonchev–Trinajstić information content (AvgIpc) is 4.51. The number of H-pyrrole nitrogens is 3. The number of nitrogens with zero attached hydrogens (tertiary/aromatic N) is 12. The standard InChI is InChI=1S/C19H19ClF2N6O.C19H20ClFN6O.C19H21ClN6O.5H2/c1-19(18(29)26-10-14(21)22)4-2-6-28(19)15-3-5-23-17(27-15)13-9-25-16-12(13)7-11(20)8-24-16;1-19(18(28)23-7-5-21)4-2-8-27(19)15-3-6-22-17(26-15)14-11-25-16-13(14)9-12(20)10-24-16;1-3-21-18(27)19(2)6-4-8-26(19)15-5-7-22-17(25-15)14-11-24-16-13(14)9-12(20)10-23-16;;;;;/h3,5,7-9,14H,2,4,6,10H2,1H3,(H,24,25)(H,26,29);3,6,9-11H,2,4-5,7-8H2,1H3,(H,23,28)(H,24,25);5,7,9-11H,3-4,6,8H2,1-2H3,(H,21,27)(H,23,24);5*1H/t3*19-;;;;;/m111...../s1. The zero-order valence-electron chi connectivity index (χ0n) is 46.3. The number of pyridine rings is 3. The lowest BCUT2D eigenvalue weighted by Crippen LogP contribution is -2.54. The van der Waals surface area contributed by atoms with Crippen LogP contribution in [0.3, 0.4) is 0 Å². The smallest absolute Gasteiger partial charge is 0.255 e. The number of hydrogen-bond acceptors (Lipinski definition) is 15. The Bertz CT molecular complexity index is 3900.